The minimum absolute atomic E-state index is 0.704. The fourth-order valence-electron chi connectivity index (χ4n) is 0.143. The van der Waals surface area contributed by atoms with Crippen LogP contribution in [0.2, 0.25) is 0 Å². The number of hydrogen-bond acceptors (Lipinski definition) is 2. The third-order valence-corrected chi connectivity index (χ3v) is 1.43. The van der Waals surface area contributed by atoms with E-state index in [4.69, 9.17) is 18.6 Å². The molecular weight excluding hydrogens is 124 g/mol. The smallest absolute Gasteiger partial charge is 0.0597 e. The van der Waals surface area contributed by atoms with Crippen molar-refractivity contribution in [3.63, 3.8) is 0 Å². The van der Waals surface area contributed by atoms with Gasteiger partial charge in [-0.1, -0.05) is 18.1 Å². The molecule has 0 amide bonds. The summed E-state index contributed by atoms with van der Waals surface area (Å²) in [5.74, 6) is 3.18. The second-order valence-corrected chi connectivity index (χ2v) is 3.04. The van der Waals surface area contributed by atoms with Gasteiger partial charge in [0.2, 0.25) is 0 Å². The topological polar surface area (TPSA) is 0 Å². The molecule has 0 saturated heterocycles. The zero-order valence-electron chi connectivity index (χ0n) is 4.10. The van der Waals surface area contributed by atoms with Crippen LogP contribution in [0.3, 0.4) is 0 Å². The Morgan fingerprint density at radius 2 is 2.57 bits per heavy atom. The highest BCUT2D eigenvalue weighted by Gasteiger charge is 1.81. The largest absolute Gasteiger partial charge is 0.119 e. The Bertz CT molecular complexity index is 99.1. The molecule has 0 aromatic heterocycles. The minimum Gasteiger partial charge on any atom is -0.119 e. The van der Waals surface area contributed by atoms with Crippen molar-refractivity contribution in [3.05, 3.63) is 0 Å². The maximum absolute atomic E-state index is 4.95. The van der Waals surface area contributed by atoms with Gasteiger partial charge in [-0.2, -0.15) is 0 Å². The zero-order chi connectivity index (χ0) is 5.70. The SMILES string of the molecule is C#CCSC(C)=S. The van der Waals surface area contributed by atoms with E-state index in [1.54, 1.807) is 0 Å². The van der Waals surface area contributed by atoms with Crippen LogP contribution in [0.4, 0.5) is 0 Å². The highest BCUT2D eigenvalue weighted by atomic mass is 32.2. The zero-order valence-corrected chi connectivity index (χ0v) is 5.73. The van der Waals surface area contributed by atoms with E-state index in [2.05, 4.69) is 5.92 Å². The summed E-state index contributed by atoms with van der Waals surface area (Å²) in [5, 5.41) is 0. The number of rotatable bonds is 1. The van der Waals surface area contributed by atoms with Crippen molar-refractivity contribution >= 4 is 28.2 Å². The maximum Gasteiger partial charge on any atom is 0.0597 e. The lowest BCUT2D eigenvalue weighted by Gasteiger charge is -1.84. The van der Waals surface area contributed by atoms with Crippen LogP contribution in [0, 0.1) is 12.3 Å². The number of thioether (sulfide) groups is 1. The molecule has 0 spiro atoms. The molecule has 0 saturated carbocycles. The number of hydrogen-bond donors (Lipinski definition) is 0. The first-order valence-electron chi connectivity index (χ1n) is 1.84. The average Bonchev–Trinajstić information content (AvgIpc) is 1.61. The van der Waals surface area contributed by atoms with Gasteiger partial charge in [0.25, 0.3) is 0 Å². The van der Waals surface area contributed by atoms with E-state index in [1.165, 1.54) is 11.8 Å². The maximum atomic E-state index is 4.95. The molecule has 0 N–H and O–H groups in total. The lowest BCUT2D eigenvalue weighted by atomic mass is 10.8. The third kappa shape index (κ3) is 6.00. The van der Waals surface area contributed by atoms with Crippen molar-refractivity contribution in [2.45, 2.75) is 6.92 Å². The first kappa shape index (κ1) is 7.00. The normalized spacial score (nSPS) is 7.43. The van der Waals surface area contributed by atoms with Gasteiger partial charge in [0.15, 0.2) is 0 Å². The van der Waals surface area contributed by atoms with Crippen molar-refractivity contribution in [1.82, 2.24) is 0 Å². The lowest BCUT2D eigenvalue weighted by molar-refractivity contribution is 1.97. The van der Waals surface area contributed by atoms with E-state index < -0.39 is 0 Å². The predicted octanol–water partition coefficient (Wildman–Crippen LogP) is 1.70. The Hall–Kier alpha value is -0.0000000000000000278. The minimum atomic E-state index is 0.704. The molecule has 0 aromatic rings. The van der Waals surface area contributed by atoms with E-state index in [1.807, 2.05) is 6.92 Å². The van der Waals surface area contributed by atoms with Crippen LogP contribution in [0.25, 0.3) is 0 Å². The Labute approximate surface area is 53.7 Å². The first-order chi connectivity index (χ1) is 3.27. The molecule has 0 bridgehead atoms. The summed E-state index contributed by atoms with van der Waals surface area (Å²) in [7, 11) is 0. The van der Waals surface area contributed by atoms with Crippen molar-refractivity contribution in [2.75, 3.05) is 5.75 Å². The van der Waals surface area contributed by atoms with Gasteiger partial charge in [0, 0.05) is 4.20 Å². The molecule has 0 fully saturated rings. The van der Waals surface area contributed by atoms with Crippen LogP contribution >= 0.6 is 24.0 Å². The molecule has 0 aliphatic rings. The lowest BCUT2D eigenvalue weighted by Crippen LogP contribution is -1.76. The van der Waals surface area contributed by atoms with Crippen molar-refractivity contribution in [3.8, 4) is 12.3 Å². The van der Waals surface area contributed by atoms with E-state index in [-0.39, 0.29) is 0 Å². The summed E-state index contributed by atoms with van der Waals surface area (Å²) in [5.41, 5.74) is 0. The summed E-state index contributed by atoms with van der Waals surface area (Å²) >= 11 is 6.26. The molecule has 0 atom stereocenters. The van der Waals surface area contributed by atoms with Gasteiger partial charge in [-0.3, -0.25) is 0 Å². The van der Waals surface area contributed by atoms with Gasteiger partial charge in [-0.15, -0.1) is 18.2 Å². The van der Waals surface area contributed by atoms with Crippen LogP contribution in [0.5, 0.6) is 0 Å². The summed E-state index contributed by atoms with van der Waals surface area (Å²) in [4.78, 5) is 0. The van der Waals surface area contributed by atoms with Gasteiger partial charge in [0.05, 0.1) is 5.75 Å². The highest BCUT2D eigenvalue weighted by Crippen LogP contribution is 1.99. The molecule has 7 heavy (non-hydrogen) atoms. The Morgan fingerprint density at radius 3 is 2.71 bits per heavy atom. The quantitative estimate of drug-likeness (QED) is 0.391. The van der Waals surface area contributed by atoms with Crippen molar-refractivity contribution < 1.29 is 0 Å². The molecule has 0 aliphatic carbocycles. The van der Waals surface area contributed by atoms with E-state index >= 15 is 0 Å². The van der Waals surface area contributed by atoms with Gasteiger partial charge in [-0.25, -0.2) is 0 Å². The second kappa shape index (κ2) is 4.17. The van der Waals surface area contributed by atoms with Crippen LogP contribution in [0.15, 0.2) is 0 Å². The fraction of sp³-hybridized carbons (Fsp3) is 0.400. The molecule has 38 valence electrons. The molecule has 0 radical (unpaired) electrons. The Balaban J connectivity index is 3.02. The molecular formula is C5H6S2. The monoisotopic (exact) mass is 130 g/mol. The average molecular weight is 130 g/mol. The molecule has 0 aromatic carbocycles. The van der Waals surface area contributed by atoms with E-state index in [0.717, 1.165) is 4.20 Å². The molecule has 0 rings (SSSR count). The van der Waals surface area contributed by atoms with Gasteiger partial charge < -0.3 is 0 Å². The van der Waals surface area contributed by atoms with Crippen LogP contribution in [-0.4, -0.2) is 9.95 Å². The number of terminal acetylenes is 1. The fourth-order valence-corrected chi connectivity index (χ4v) is 0.607. The predicted molar refractivity (Wildman–Crippen MR) is 39.6 cm³/mol. The van der Waals surface area contributed by atoms with Crippen molar-refractivity contribution in [2.24, 2.45) is 0 Å². The first-order valence-corrected chi connectivity index (χ1v) is 3.23. The summed E-state index contributed by atoms with van der Waals surface area (Å²) in [6, 6.07) is 0. The third-order valence-electron chi connectivity index (χ3n) is 0.359. The second-order valence-electron chi connectivity index (χ2n) is 0.984. The number of thiocarbonyl (C=S) groups is 1. The highest BCUT2D eigenvalue weighted by molar-refractivity contribution is 8.23. The summed E-state index contributed by atoms with van der Waals surface area (Å²) < 4.78 is 0.915. The van der Waals surface area contributed by atoms with Crippen LogP contribution in [-0.2, 0) is 0 Å². The summed E-state index contributed by atoms with van der Waals surface area (Å²) in [6.45, 7) is 1.87. The Kier molecular flexibility index (Phi) is 4.17. The molecule has 0 aliphatic heterocycles. The van der Waals surface area contributed by atoms with Gasteiger partial charge in [-0.05, 0) is 6.92 Å². The van der Waals surface area contributed by atoms with Gasteiger partial charge >= 0.3 is 0 Å². The van der Waals surface area contributed by atoms with Crippen molar-refractivity contribution in [1.29, 1.82) is 0 Å². The molecule has 2 heteroatoms. The molecule has 0 heterocycles. The molecule has 0 unspecified atom stereocenters. The van der Waals surface area contributed by atoms with E-state index in [0.29, 0.717) is 5.75 Å². The van der Waals surface area contributed by atoms with Gasteiger partial charge in [0.1, 0.15) is 0 Å². The standard InChI is InChI=1S/C5H6S2/c1-3-4-7-5(2)6/h1H,4H2,2H3. The molecule has 0 nitrogen and oxygen atoms in total. The summed E-state index contributed by atoms with van der Waals surface area (Å²) in [6.07, 6.45) is 4.95. The van der Waals surface area contributed by atoms with Crippen LogP contribution in [0.1, 0.15) is 6.92 Å². The van der Waals surface area contributed by atoms with Crippen LogP contribution < -0.4 is 0 Å². The van der Waals surface area contributed by atoms with E-state index in [9.17, 15) is 0 Å². The Morgan fingerprint density at radius 1 is 2.00 bits per heavy atom.